The maximum atomic E-state index is 11.9. The van der Waals surface area contributed by atoms with E-state index in [9.17, 15) is 9.59 Å². The molecule has 6 nitrogen and oxygen atoms in total. The van der Waals surface area contributed by atoms with E-state index in [1.165, 1.54) is 6.08 Å². The first-order valence-electron chi connectivity index (χ1n) is 10.4. The van der Waals surface area contributed by atoms with Gasteiger partial charge in [0, 0.05) is 23.6 Å². The van der Waals surface area contributed by atoms with Crippen molar-refractivity contribution in [3.63, 3.8) is 0 Å². The molecule has 0 spiro atoms. The average Bonchev–Trinajstić information content (AvgIpc) is 3.12. The van der Waals surface area contributed by atoms with E-state index >= 15 is 0 Å². The molecule has 0 bridgehead atoms. The van der Waals surface area contributed by atoms with Gasteiger partial charge < -0.3 is 13.9 Å². The third kappa shape index (κ3) is 6.41. The molecule has 0 atom stereocenters. The molecule has 0 unspecified atom stereocenters. The number of hydrogen-bond donors (Lipinski definition) is 0. The number of nitrogens with zero attached hydrogens (tertiary/aromatic N) is 1. The summed E-state index contributed by atoms with van der Waals surface area (Å²) >= 11 is 0. The van der Waals surface area contributed by atoms with Gasteiger partial charge in [0.05, 0.1) is 12.3 Å². The standard InChI is InChI=1S/C26H27NO5/c1-18-23(27-25(31-18)20-8-6-5-7-9-20)14-15-30-22-12-10-19(21(16-22)17-28)11-13-24(29)32-26(2,3)4/h5-13,16-17H,14-15H2,1-4H3/b13-11+. The second kappa shape index (κ2) is 10.1. The van der Waals surface area contributed by atoms with Crippen LogP contribution >= 0.6 is 0 Å². The van der Waals surface area contributed by atoms with Crippen LogP contribution in [0.25, 0.3) is 17.5 Å². The number of aromatic nitrogens is 1. The van der Waals surface area contributed by atoms with Gasteiger partial charge in [-0.2, -0.15) is 0 Å². The third-order valence-corrected chi connectivity index (χ3v) is 4.51. The number of esters is 1. The minimum Gasteiger partial charge on any atom is -0.493 e. The Labute approximate surface area is 187 Å². The van der Waals surface area contributed by atoms with Crippen LogP contribution in [0.3, 0.4) is 0 Å². The summed E-state index contributed by atoms with van der Waals surface area (Å²) in [7, 11) is 0. The number of carbonyl (C=O) groups is 2. The Morgan fingerprint density at radius 1 is 1.09 bits per heavy atom. The Balaban J connectivity index is 1.61. The molecule has 0 fully saturated rings. The SMILES string of the molecule is Cc1oc(-c2ccccc2)nc1CCOc1ccc(/C=C/C(=O)OC(C)(C)C)c(C=O)c1. The van der Waals surface area contributed by atoms with Crippen LogP contribution in [-0.2, 0) is 16.0 Å². The highest BCUT2D eigenvalue weighted by atomic mass is 16.6. The molecular formula is C26H27NO5. The van der Waals surface area contributed by atoms with Crippen LogP contribution in [0, 0.1) is 6.92 Å². The van der Waals surface area contributed by atoms with Crippen molar-refractivity contribution in [2.24, 2.45) is 0 Å². The topological polar surface area (TPSA) is 78.6 Å². The molecule has 2 aromatic carbocycles. The number of oxazole rings is 1. The van der Waals surface area contributed by atoms with Gasteiger partial charge in [0.2, 0.25) is 5.89 Å². The van der Waals surface area contributed by atoms with Crippen LogP contribution in [0.4, 0.5) is 0 Å². The van der Waals surface area contributed by atoms with Crippen molar-refractivity contribution >= 4 is 18.3 Å². The number of carbonyl (C=O) groups excluding carboxylic acids is 2. The zero-order valence-electron chi connectivity index (χ0n) is 18.8. The molecule has 0 radical (unpaired) electrons. The first-order chi connectivity index (χ1) is 15.2. The van der Waals surface area contributed by atoms with Crippen molar-refractivity contribution in [1.82, 2.24) is 4.98 Å². The minimum absolute atomic E-state index is 0.382. The van der Waals surface area contributed by atoms with Crippen molar-refractivity contribution in [2.45, 2.75) is 39.7 Å². The van der Waals surface area contributed by atoms with Crippen LogP contribution in [0.15, 0.2) is 59.0 Å². The van der Waals surface area contributed by atoms with Gasteiger partial charge in [-0.3, -0.25) is 4.79 Å². The van der Waals surface area contributed by atoms with Crippen LogP contribution in [0.1, 0.15) is 48.1 Å². The Morgan fingerprint density at radius 2 is 1.84 bits per heavy atom. The van der Waals surface area contributed by atoms with Crippen molar-refractivity contribution in [3.8, 4) is 17.2 Å². The molecular weight excluding hydrogens is 406 g/mol. The summed E-state index contributed by atoms with van der Waals surface area (Å²) in [5, 5.41) is 0. The number of rotatable bonds is 8. The van der Waals surface area contributed by atoms with Gasteiger partial charge in [-0.25, -0.2) is 9.78 Å². The molecule has 0 aliphatic carbocycles. The van der Waals surface area contributed by atoms with E-state index in [1.54, 1.807) is 45.0 Å². The van der Waals surface area contributed by atoms with Crippen LogP contribution in [0.2, 0.25) is 0 Å². The molecule has 0 N–H and O–H groups in total. The van der Waals surface area contributed by atoms with E-state index in [-0.39, 0.29) is 0 Å². The number of hydrogen-bond acceptors (Lipinski definition) is 6. The lowest BCUT2D eigenvalue weighted by molar-refractivity contribution is -0.148. The molecule has 6 heteroatoms. The van der Waals surface area contributed by atoms with Gasteiger partial charge in [0.1, 0.15) is 17.1 Å². The smallest absolute Gasteiger partial charge is 0.331 e. The Kier molecular flexibility index (Phi) is 7.25. The van der Waals surface area contributed by atoms with Gasteiger partial charge in [0.15, 0.2) is 6.29 Å². The Morgan fingerprint density at radius 3 is 2.53 bits per heavy atom. The summed E-state index contributed by atoms with van der Waals surface area (Å²) in [5.74, 6) is 1.43. The monoisotopic (exact) mass is 433 g/mol. The molecule has 3 rings (SSSR count). The van der Waals surface area contributed by atoms with Gasteiger partial charge in [0.25, 0.3) is 0 Å². The number of ether oxygens (including phenoxy) is 2. The van der Waals surface area contributed by atoms with Crippen molar-refractivity contribution in [3.05, 3.63) is 77.2 Å². The maximum absolute atomic E-state index is 11.9. The number of aryl methyl sites for hydroxylation is 1. The molecule has 0 saturated heterocycles. The zero-order chi connectivity index (χ0) is 23.1. The van der Waals surface area contributed by atoms with Crippen molar-refractivity contribution in [1.29, 1.82) is 0 Å². The number of benzene rings is 2. The maximum Gasteiger partial charge on any atom is 0.331 e. The lowest BCUT2D eigenvalue weighted by Crippen LogP contribution is -2.22. The highest BCUT2D eigenvalue weighted by molar-refractivity contribution is 5.90. The van der Waals surface area contributed by atoms with Gasteiger partial charge >= 0.3 is 5.97 Å². The van der Waals surface area contributed by atoms with Crippen LogP contribution < -0.4 is 4.74 Å². The zero-order valence-corrected chi connectivity index (χ0v) is 18.8. The molecule has 166 valence electrons. The van der Waals surface area contributed by atoms with E-state index in [4.69, 9.17) is 13.9 Å². The fourth-order valence-electron chi connectivity index (χ4n) is 3.02. The first kappa shape index (κ1) is 23.0. The molecule has 1 aromatic heterocycles. The summed E-state index contributed by atoms with van der Waals surface area (Å²) < 4.78 is 16.8. The highest BCUT2D eigenvalue weighted by Gasteiger charge is 2.14. The van der Waals surface area contributed by atoms with E-state index in [2.05, 4.69) is 4.98 Å². The summed E-state index contributed by atoms with van der Waals surface area (Å²) in [6.45, 7) is 7.65. The third-order valence-electron chi connectivity index (χ3n) is 4.51. The molecule has 0 aliphatic heterocycles. The molecule has 0 amide bonds. The van der Waals surface area contributed by atoms with E-state index in [0.29, 0.717) is 35.8 Å². The predicted molar refractivity (Wildman–Crippen MR) is 123 cm³/mol. The summed E-state index contributed by atoms with van der Waals surface area (Å²) in [6.07, 6.45) is 4.17. The van der Waals surface area contributed by atoms with Crippen molar-refractivity contribution in [2.75, 3.05) is 6.61 Å². The largest absolute Gasteiger partial charge is 0.493 e. The van der Waals surface area contributed by atoms with Gasteiger partial charge in [-0.15, -0.1) is 0 Å². The lowest BCUT2D eigenvalue weighted by atomic mass is 10.1. The summed E-state index contributed by atoms with van der Waals surface area (Å²) in [4.78, 5) is 27.9. The Bertz CT molecular complexity index is 1110. The predicted octanol–water partition coefficient (Wildman–Crippen LogP) is 5.44. The second-order valence-electron chi connectivity index (χ2n) is 8.26. The average molecular weight is 434 g/mol. The molecule has 3 aromatic rings. The number of aldehydes is 1. The van der Waals surface area contributed by atoms with Crippen LogP contribution in [-0.4, -0.2) is 29.4 Å². The van der Waals surface area contributed by atoms with E-state index < -0.39 is 11.6 Å². The van der Waals surface area contributed by atoms with Gasteiger partial charge in [-0.05, 0) is 63.6 Å². The van der Waals surface area contributed by atoms with E-state index in [0.717, 1.165) is 23.3 Å². The molecule has 1 heterocycles. The molecule has 32 heavy (non-hydrogen) atoms. The second-order valence-corrected chi connectivity index (χ2v) is 8.26. The fraction of sp³-hybridized carbons (Fsp3) is 0.269. The van der Waals surface area contributed by atoms with Crippen LogP contribution in [0.5, 0.6) is 5.75 Å². The quantitative estimate of drug-likeness (QED) is 0.267. The fourth-order valence-corrected chi connectivity index (χ4v) is 3.02. The van der Waals surface area contributed by atoms with E-state index in [1.807, 2.05) is 37.3 Å². The summed E-state index contributed by atoms with van der Waals surface area (Å²) in [6, 6.07) is 14.9. The highest BCUT2D eigenvalue weighted by Crippen LogP contribution is 2.23. The molecule has 0 saturated carbocycles. The van der Waals surface area contributed by atoms with Gasteiger partial charge in [-0.1, -0.05) is 24.3 Å². The Hall–Kier alpha value is -3.67. The van der Waals surface area contributed by atoms with Crippen molar-refractivity contribution < 1.29 is 23.5 Å². The minimum atomic E-state index is -0.573. The normalized spacial score (nSPS) is 11.5. The first-order valence-corrected chi connectivity index (χ1v) is 10.4. The summed E-state index contributed by atoms with van der Waals surface area (Å²) in [5.41, 5.74) is 2.21. The lowest BCUT2D eigenvalue weighted by Gasteiger charge is -2.17. The molecule has 0 aliphatic rings.